The molecule has 0 radical (unpaired) electrons. The monoisotopic (exact) mass is 408 g/mol. The van der Waals surface area contributed by atoms with E-state index in [1.165, 1.54) is 47.4 Å². The lowest BCUT2D eigenvalue weighted by molar-refractivity contribution is -0.134. The van der Waals surface area contributed by atoms with E-state index < -0.39 is 5.82 Å². The van der Waals surface area contributed by atoms with Gasteiger partial charge < -0.3 is 4.90 Å². The zero-order valence-corrected chi connectivity index (χ0v) is 16.8. The molecule has 1 saturated heterocycles. The van der Waals surface area contributed by atoms with E-state index in [0.717, 1.165) is 19.3 Å². The van der Waals surface area contributed by atoms with E-state index in [1.807, 2.05) is 4.90 Å². The summed E-state index contributed by atoms with van der Waals surface area (Å²) < 4.78 is 13.5. The van der Waals surface area contributed by atoms with Gasteiger partial charge in [-0.25, -0.2) is 4.39 Å². The fraction of sp³-hybridized carbons (Fsp3) is 0.444. The number of likely N-dealkylation sites (tertiary alicyclic amines) is 1. The molecular weight excluding hydrogens is 387 g/mol. The fourth-order valence-electron chi connectivity index (χ4n) is 3.20. The van der Waals surface area contributed by atoms with Crippen LogP contribution in [0.1, 0.15) is 43.5 Å². The highest BCUT2D eigenvalue weighted by Gasteiger charge is 2.28. The number of piperidine rings is 1. The molecule has 1 aromatic heterocycles. The van der Waals surface area contributed by atoms with Crippen molar-refractivity contribution < 1.29 is 14.0 Å². The molecule has 144 valence electrons. The number of carbonyl (C=O) groups excluding carboxylic acids is 2. The van der Waals surface area contributed by atoms with Crippen LogP contribution in [0, 0.1) is 5.82 Å². The van der Waals surface area contributed by atoms with E-state index in [9.17, 15) is 14.0 Å². The van der Waals surface area contributed by atoms with Gasteiger partial charge in [-0.3, -0.25) is 14.9 Å². The minimum Gasteiger partial charge on any atom is -0.337 e. The zero-order chi connectivity index (χ0) is 19.4. The number of nitrogens with one attached hydrogen (secondary N) is 1. The fourth-order valence-corrected chi connectivity index (χ4v) is 4.82. The van der Waals surface area contributed by atoms with Crippen molar-refractivity contribution in [3.63, 3.8) is 0 Å². The predicted octanol–water partition coefficient (Wildman–Crippen LogP) is 3.81. The molecule has 2 amide bonds. The van der Waals surface area contributed by atoms with Crippen molar-refractivity contribution in [2.24, 2.45) is 0 Å². The van der Waals surface area contributed by atoms with Crippen molar-refractivity contribution in [3.05, 3.63) is 35.6 Å². The lowest BCUT2D eigenvalue weighted by Gasteiger charge is -2.39. The van der Waals surface area contributed by atoms with E-state index in [4.69, 9.17) is 0 Å². The summed E-state index contributed by atoms with van der Waals surface area (Å²) in [6.07, 6.45) is 3.24. The van der Waals surface area contributed by atoms with Crippen LogP contribution in [0.15, 0.2) is 28.6 Å². The largest absolute Gasteiger partial charge is 0.337 e. The molecule has 1 fully saturated rings. The van der Waals surface area contributed by atoms with Crippen molar-refractivity contribution in [1.82, 2.24) is 15.1 Å². The number of benzene rings is 1. The zero-order valence-electron chi connectivity index (χ0n) is 15.1. The Bertz CT molecular complexity index is 802. The number of amides is 2. The molecule has 0 spiro atoms. The Hall–Kier alpha value is -2.00. The Morgan fingerprint density at radius 2 is 1.89 bits per heavy atom. The number of nitrogens with zero attached hydrogens (tertiary/aromatic N) is 3. The Kier molecular flexibility index (Phi) is 6.43. The van der Waals surface area contributed by atoms with E-state index in [-0.39, 0.29) is 23.9 Å². The molecule has 0 bridgehead atoms. The molecule has 1 aliphatic rings. The first kappa shape index (κ1) is 19.8. The molecule has 9 heteroatoms. The van der Waals surface area contributed by atoms with Gasteiger partial charge in [0, 0.05) is 17.6 Å². The van der Waals surface area contributed by atoms with Gasteiger partial charge in [0.05, 0.1) is 5.75 Å². The second-order valence-corrected chi connectivity index (χ2v) is 8.75. The smallest absolute Gasteiger partial charge is 0.257 e. The molecule has 1 N–H and O–H groups in total. The maximum absolute atomic E-state index is 12.9. The molecule has 0 saturated carbocycles. The summed E-state index contributed by atoms with van der Waals surface area (Å²) in [6, 6.07) is 5.79. The number of aromatic nitrogens is 2. The number of halogens is 1. The topological polar surface area (TPSA) is 75.2 Å². The van der Waals surface area contributed by atoms with Crippen LogP contribution in [0.3, 0.4) is 0 Å². The van der Waals surface area contributed by atoms with Crippen LogP contribution in [-0.4, -0.2) is 44.7 Å². The second-order valence-electron chi connectivity index (χ2n) is 6.55. The van der Waals surface area contributed by atoms with Crippen molar-refractivity contribution in [2.45, 2.75) is 49.5 Å². The average Bonchev–Trinajstić information content (AvgIpc) is 3.07. The maximum Gasteiger partial charge on any atom is 0.257 e. The third kappa shape index (κ3) is 5.04. The lowest BCUT2D eigenvalue weighted by atomic mass is 9.98. The van der Waals surface area contributed by atoms with Crippen molar-refractivity contribution in [1.29, 1.82) is 0 Å². The second kappa shape index (κ2) is 8.79. The van der Waals surface area contributed by atoms with Gasteiger partial charge >= 0.3 is 0 Å². The average molecular weight is 409 g/mol. The Morgan fingerprint density at radius 3 is 2.56 bits per heavy atom. The number of thioether (sulfide) groups is 1. The Morgan fingerprint density at radius 1 is 1.22 bits per heavy atom. The third-order valence-electron chi connectivity index (χ3n) is 4.53. The molecule has 2 atom stereocenters. The SMILES string of the molecule is C[C@H]1CCC[C@H](C)N1C(=O)CSc1nnc(NC(=O)c2ccc(F)cc2)s1. The summed E-state index contributed by atoms with van der Waals surface area (Å²) in [4.78, 5) is 26.6. The van der Waals surface area contributed by atoms with Crippen LogP contribution in [-0.2, 0) is 4.79 Å². The first-order valence-electron chi connectivity index (χ1n) is 8.78. The quantitative estimate of drug-likeness (QED) is 0.601. The summed E-state index contributed by atoms with van der Waals surface area (Å²) in [6.45, 7) is 4.18. The molecule has 0 unspecified atom stereocenters. The van der Waals surface area contributed by atoms with Crippen LogP contribution in [0.2, 0.25) is 0 Å². The van der Waals surface area contributed by atoms with Gasteiger partial charge in [-0.05, 0) is 57.4 Å². The summed E-state index contributed by atoms with van der Waals surface area (Å²) in [5.74, 6) is -0.375. The maximum atomic E-state index is 12.9. The van der Waals surface area contributed by atoms with E-state index in [1.54, 1.807) is 0 Å². The van der Waals surface area contributed by atoms with Gasteiger partial charge in [0.2, 0.25) is 11.0 Å². The van der Waals surface area contributed by atoms with E-state index >= 15 is 0 Å². The van der Waals surface area contributed by atoms with Crippen LogP contribution in [0.5, 0.6) is 0 Å². The van der Waals surface area contributed by atoms with E-state index in [2.05, 4.69) is 29.4 Å². The third-order valence-corrected chi connectivity index (χ3v) is 6.49. The van der Waals surface area contributed by atoms with Gasteiger partial charge in [-0.15, -0.1) is 10.2 Å². The molecular formula is C18H21FN4O2S2. The molecule has 3 rings (SSSR count). The van der Waals surface area contributed by atoms with E-state index in [0.29, 0.717) is 20.8 Å². The molecule has 1 aliphatic heterocycles. The van der Waals surface area contributed by atoms with Crippen molar-refractivity contribution >= 4 is 40.0 Å². The molecule has 2 aromatic rings. The Balaban J connectivity index is 1.54. The van der Waals surface area contributed by atoms with Gasteiger partial charge in [-0.2, -0.15) is 0 Å². The van der Waals surface area contributed by atoms with Gasteiger partial charge in [0.25, 0.3) is 5.91 Å². The standard InChI is InChI=1S/C18H21FN4O2S2/c1-11-4-3-5-12(2)23(11)15(24)10-26-18-22-21-17(27-18)20-16(25)13-6-8-14(19)9-7-13/h6-9,11-12H,3-5,10H2,1-2H3,(H,20,21,25)/t11-,12-/m0/s1. The number of hydrogen-bond donors (Lipinski definition) is 1. The first-order chi connectivity index (χ1) is 12.9. The van der Waals surface area contributed by atoms with Crippen LogP contribution < -0.4 is 5.32 Å². The lowest BCUT2D eigenvalue weighted by Crippen LogP contribution is -2.48. The first-order valence-corrected chi connectivity index (χ1v) is 10.6. The van der Waals surface area contributed by atoms with Gasteiger partial charge in [0.1, 0.15) is 5.82 Å². The minimum absolute atomic E-state index is 0.104. The number of anilines is 1. The molecule has 6 nitrogen and oxygen atoms in total. The number of carbonyl (C=O) groups is 2. The van der Waals surface area contributed by atoms with Crippen LogP contribution in [0.4, 0.5) is 9.52 Å². The van der Waals surface area contributed by atoms with Gasteiger partial charge in [-0.1, -0.05) is 23.1 Å². The molecule has 27 heavy (non-hydrogen) atoms. The molecule has 1 aromatic carbocycles. The highest BCUT2D eigenvalue weighted by molar-refractivity contribution is 8.01. The summed E-state index contributed by atoms with van der Waals surface area (Å²) >= 11 is 2.54. The summed E-state index contributed by atoms with van der Waals surface area (Å²) in [7, 11) is 0. The van der Waals surface area contributed by atoms with Crippen LogP contribution in [0.25, 0.3) is 0 Å². The van der Waals surface area contributed by atoms with Gasteiger partial charge in [0.15, 0.2) is 4.34 Å². The van der Waals surface area contributed by atoms with Crippen LogP contribution >= 0.6 is 23.1 Å². The summed E-state index contributed by atoms with van der Waals surface area (Å²) in [5, 5.41) is 10.9. The minimum atomic E-state index is -0.400. The number of rotatable bonds is 5. The summed E-state index contributed by atoms with van der Waals surface area (Å²) in [5.41, 5.74) is 0.337. The Labute approximate surface area is 165 Å². The molecule has 2 heterocycles. The highest BCUT2D eigenvalue weighted by Crippen LogP contribution is 2.28. The van der Waals surface area contributed by atoms with Crippen molar-refractivity contribution in [2.75, 3.05) is 11.1 Å². The van der Waals surface area contributed by atoms with Crippen molar-refractivity contribution in [3.8, 4) is 0 Å². The normalized spacial score (nSPS) is 19.7. The predicted molar refractivity (Wildman–Crippen MR) is 105 cm³/mol. The highest BCUT2D eigenvalue weighted by atomic mass is 32.2. The number of hydrogen-bond acceptors (Lipinski definition) is 6. The molecule has 0 aliphatic carbocycles.